The number of amides is 3. The number of benzene rings is 2. The summed E-state index contributed by atoms with van der Waals surface area (Å²) in [7, 11) is 1.59. The van der Waals surface area contributed by atoms with Crippen LogP contribution in [0.25, 0.3) is 0 Å². The van der Waals surface area contributed by atoms with Crippen LogP contribution in [0.1, 0.15) is 48.9 Å². The molecule has 8 nitrogen and oxygen atoms in total. The van der Waals surface area contributed by atoms with Gasteiger partial charge in [0.25, 0.3) is 5.91 Å². The highest BCUT2D eigenvalue weighted by molar-refractivity contribution is 6.11. The van der Waals surface area contributed by atoms with Crippen molar-refractivity contribution < 1.29 is 19.1 Å². The van der Waals surface area contributed by atoms with Gasteiger partial charge in [-0.05, 0) is 81.0 Å². The number of rotatable bonds is 5. The second kappa shape index (κ2) is 9.98. The lowest BCUT2D eigenvalue weighted by molar-refractivity contribution is -0.123. The van der Waals surface area contributed by atoms with Crippen molar-refractivity contribution in [1.82, 2.24) is 4.90 Å². The number of carbonyl (C=O) groups is 3. The zero-order chi connectivity index (χ0) is 24.4. The van der Waals surface area contributed by atoms with E-state index in [0.717, 1.165) is 63.8 Å². The molecule has 1 N–H and O–H groups in total. The van der Waals surface area contributed by atoms with Crippen molar-refractivity contribution in [2.45, 2.75) is 44.6 Å². The number of fused-ring (bicyclic) bond motifs is 3. The molecular weight excluding hydrogens is 444 g/mol. The minimum Gasteiger partial charge on any atom is -0.497 e. The molecule has 2 aromatic rings. The first-order valence-corrected chi connectivity index (χ1v) is 12.5. The summed E-state index contributed by atoms with van der Waals surface area (Å²) in [6.07, 6.45) is 5.96. The molecular formula is C27H32N4O4. The minimum absolute atomic E-state index is 0.0108. The molecule has 0 radical (unpaired) electrons. The first kappa shape index (κ1) is 23.2. The number of carbonyl (C=O) groups excluding carboxylic acids is 3. The zero-order valence-electron chi connectivity index (χ0n) is 20.2. The number of hydrogen-bond donors (Lipinski definition) is 1. The van der Waals surface area contributed by atoms with Gasteiger partial charge < -0.3 is 19.9 Å². The number of nitrogens with zero attached hydrogens (tertiary/aromatic N) is 3. The van der Waals surface area contributed by atoms with Crippen LogP contribution in [0.15, 0.2) is 42.5 Å². The van der Waals surface area contributed by atoms with Gasteiger partial charge in [-0.1, -0.05) is 0 Å². The van der Waals surface area contributed by atoms with Crippen LogP contribution in [0, 0.1) is 0 Å². The summed E-state index contributed by atoms with van der Waals surface area (Å²) in [5, 5.41) is 2.88. The van der Waals surface area contributed by atoms with Crippen molar-refractivity contribution in [3.8, 4) is 5.75 Å². The molecule has 5 rings (SSSR count). The Hall–Kier alpha value is -3.55. The zero-order valence-corrected chi connectivity index (χ0v) is 20.2. The van der Waals surface area contributed by atoms with Crippen molar-refractivity contribution in [2.75, 3.05) is 48.4 Å². The topological polar surface area (TPSA) is 82.2 Å². The van der Waals surface area contributed by atoms with E-state index < -0.39 is 0 Å². The first-order chi connectivity index (χ1) is 17.0. The summed E-state index contributed by atoms with van der Waals surface area (Å²) < 4.78 is 5.17. The maximum atomic E-state index is 13.6. The number of methoxy groups -OCH3 is 1. The largest absolute Gasteiger partial charge is 0.497 e. The van der Waals surface area contributed by atoms with E-state index >= 15 is 0 Å². The maximum absolute atomic E-state index is 13.6. The number of ether oxygens (including phenoxy) is 1. The Morgan fingerprint density at radius 2 is 1.69 bits per heavy atom. The molecule has 2 saturated heterocycles. The lowest BCUT2D eigenvalue weighted by Crippen LogP contribution is -2.56. The molecule has 2 aromatic carbocycles. The highest BCUT2D eigenvalue weighted by Crippen LogP contribution is 2.40. The van der Waals surface area contributed by atoms with Crippen LogP contribution in [-0.2, 0) is 9.59 Å². The quantitative estimate of drug-likeness (QED) is 0.712. The lowest BCUT2D eigenvalue weighted by Gasteiger charge is -2.45. The van der Waals surface area contributed by atoms with Crippen molar-refractivity contribution in [3.05, 3.63) is 48.0 Å². The summed E-state index contributed by atoms with van der Waals surface area (Å²) in [6, 6.07) is 12.4. The summed E-state index contributed by atoms with van der Waals surface area (Å²) >= 11 is 0. The van der Waals surface area contributed by atoms with E-state index in [0.29, 0.717) is 22.7 Å². The van der Waals surface area contributed by atoms with Crippen LogP contribution in [0.4, 0.5) is 17.1 Å². The number of anilines is 3. The number of nitrogens with one attached hydrogen (secondary N) is 1. The van der Waals surface area contributed by atoms with Gasteiger partial charge in [-0.3, -0.25) is 19.3 Å². The third kappa shape index (κ3) is 4.70. The Balaban J connectivity index is 1.42. The van der Waals surface area contributed by atoms with E-state index in [4.69, 9.17) is 4.74 Å². The Labute approximate surface area is 205 Å². The van der Waals surface area contributed by atoms with E-state index in [-0.39, 0.29) is 30.3 Å². The molecule has 0 spiro atoms. The van der Waals surface area contributed by atoms with Gasteiger partial charge in [0.15, 0.2) is 0 Å². The van der Waals surface area contributed by atoms with Crippen molar-refractivity contribution >= 4 is 34.8 Å². The molecule has 3 aliphatic rings. The smallest absolute Gasteiger partial charge is 0.253 e. The molecule has 184 valence electrons. The number of hydrogen-bond acceptors (Lipinski definition) is 5. The fourth-order valence-electron chi connectivity index (χ4n) is 5.35. The van der Waals surface area contributed by atoms with Gasteiger partial charge in [0.05, 0.1) is 18.5 Å². The fourth-order valence-corrected chi connectivity index (χ4v) is 5.35. The SMILES string of the molecule is COc1ccc(NC(=O)CN2C(=O)C3CCCCN3c3ccc(C(=O)N4CCCCC4)cc32)cc1. The van der Waals surface area contributed by atoms with Crippen molar-refractivity contribution in [2.24, 2.45) is 0 Å². The molecule has 3 heterocycles. The fraction of sp³-hybridized carbons (Fsp3) is 0.444. The van der Waals surface area contributed by atoms with Crippen LogP contribution in [0.2, 0.25) is 0 Å². The van der Waals surface area contributed by atoms with Gasteiger partial charge >= 0.3 is 0 Å². The number of piperidine rings is 2. The normalized spacial score (nSPS) is 19.6. The summed E-state index contributed by atoms with van der Waals surface area (Å²) in [5.41, 5.74) is 2.76. The Morgan fingerprint density at radius 1 is 0.943 bits per heavy atom. The third-order valence-electron chi connectivity index (χ3n) is 7.20. The highest BCUT2D eigenvalue weighted by atomic mass is 16.5. The van der Waals surface area contributed by atoms with Gasteiger partial charge in [0.1, 0.15) is 18.3 Å². The molecule has 3 amide bonds. The highest BCUT2D eigenvalue weighted by Gasteiger charge is 2.40. The standard InChI is InChI=1S/C27H32N4O4/c1-35-21-11-9-20(10-12-21)28-25(32)18-31-24-17-19(26(33)29-14-4-2-5-15-29)8-13-22(24)30-16-6-3-7-23(30)27(31)34/h8-13,17,23H,2-7,14-16,18H2,1H3,(H,28,32). The Bertz CT molecular complexity index is 1110. The van der Waals surface area contributed by atoms with E-state index in [1.54, 1.807) is 42.3 Å². The molecule has 0 bridgehead atoms. The molecule has 0 aromatic heterocycles. The molecule has 0 saturated carbocycles. The van der Waals surface area contributed by atoms with Gasteiger partial charge in [-0.25, -0.2) is 0 Å². The molecule has 2 fully saturated rings. The molecule has 1 unspecified atom stereocenters. The van der Waals surface area contributed by atoms with E-state index in [2.05, 4.69) is 10.2 Å². The summed E-state index contributed by atoms with van der Waals surface area (Å²) in [6.45, 7) is 2.21. The van der Waals surface area contributed by atoms with Crippen LogP contribution in [-0.4, -0.2) is 62.0 Å². The number of likely N-dealkylation sites (tertiary alicyclic amines) is 1. The van der Waals surface area contributed by atoms with E-state index in [1.807, 2.05) is 17.0 Å². The van der Waals surface area contributed by atoms with Crippen molar-refractivity contribution in [3.63, 3.8) is 0 Å². The van der Waals surface area contributed by atoms with Gasteiger partial charge in [-0.15, -0.1) is 0 Å². The molecule has 8 heteroatoms. The van der Waals surface area contributed by atoms with Crippen LogP contribution in [0.5, 0.6) is 5.75 Å². The van der Waals surface area contributed by atoms with Gasteiger partial charge in [-0.2, -0.15) is 0 Å². The Kier molecular flexibility index (Phi) is 6.61. The van der Waals surface area contributed by atoms with Crippen LogP contribution >= 0.6 is 0 Å². The first-order valence-electron chi connectivity index (χ1n) is 12.5. The second-order valence-electron chi connectivity index (χ2n) is 9.46. The predicted octanol–water partition coefficient (Wildman–Crippen LogP) is 3.67. The van der Waals surface area contributed by atoms with Crippen LogP contribution < -0.4 is 19.9 Å². The van der Waals surface area contributed by atoms with Gasteiger partial charge in [0.2, 0.25) is 11.8 Å². The van der Waals surface area contributed by atoms with E-state index in [9.17, 15) is 14.4 Å². The second-order valence-corrected chi connectivity index (χ2v) is 9.46. The van der Waals surface area contributed by atoms with Crippen LogP contribution in [0.3, 0.4) is 0 Å². The van der Waals surface area contributed by atoms with Crippen molar-refractivity contribution in [1.29, 1.82) is 0 Å². The summed E-state index contributed by atoms with van der Waals surface area (Å²) in [4.78, 5) is 45.4. The maximum Gasteiger partial charge on any atom is 0.253 e. The molecule has 3 aliphatic heterocycles. The average Bonchev–Trinajstić information content (AvgIpc) is 2.91. The predicted molar refractivity (Wildman–Crippen MR) is 135 cm³/mol. The summed E-state index contributed by atoms with van der Waals surface area (Å²) in [5.74, 6) is 0.325. The molecule has 0 aliphatic carbocycles. The van der Waals surface area contributed by atoms with Gasteiger partial charge in [0, 0.05) is 30.9 Å². The monoisotopic (exact) mass is 476 g/mol. The third-order valence-corrected chi connectivity index (χ3v) is 7.20. The lowest BCUT2D eigenvalue weighted by atomic mass is 9.95. The molecule has 35 heavy (non-hydrogen) atoms. The van der Waals surface area contributed by atoms with E-state index in [1.165, 1.54) is 0 Å². The molecule has 1 atom stereocenters. The minimum atomic E-state index is -0.286. The Morgan fingerprint density at radius 3 is 2.43 bits per heavy atom. The average molecular weight is 477 g/mol.